The summed E-state index contributed by atoms with van der Waals surface area (Å²) in [7, 11) is 0. The highest BCUT2D eigenvalue weighted by atomic mass is 16.5. The first kappa shape index (κ1) is 13.3. The van der Waals surface area contributed by atoms with Crippen LogP contribution in [0.2, 0.25) is 0 Å². The van der Waals surface area contributed by atoms with Crippen LogP contribution < -0.4 is 5.73 Å². The molecule has 0 aromatic rings. The van der Waals surface area contributed by atoms with Crippen molar-refractivity contribution in [2.24, 2.45) is 11.7 Å². The molecule has 2 fully saturated rings. The zero-order valence-corrected chi connectivity index (χ0v) is 10.8. The van der Waals surface area contributed by atoms with E-state index in [1.54, 1.807) is 4.90 Å². The Morgan fingerprint density at radius 3 is 2.39 bits per heavy atom. The molecule has 0 bridgehead atoms. The average Bonchev–Trinajstić information content (AvgIpc) is 2.67. The van der Waals surface area contributed by atoms with Crippen LogP contribution in [0.15, 0.2) is 0 Å². The highest BCUT2D eigenvalue weighted by Gasteiger charge is 2.31. The molecule has 5 nitrogen and oxygen atoms in total. The van der Waals surface area contributed by atoms with Gasteiger partial charge in [0.1, 0.15) is 0 Å². The second kappa shape index (κ2) is 6.18. The molecule has 1 atom stereocenters. The van der Waals surface area contributed by atoms with Crippen molar-refractivity contribution in [3.05, 3.63) is 0 Å². The van der Waals surface area contributed by atoms with Gasteiger partial charge in [-0.2, -0.15) is 0 Å². The quantitative estimate of drug-likeness (QED) is 0.736. The minimum Gasteiger partial charge on any atom is -0.367 e. The Morgan fingerprint density at radius 1 is 1.11 bits per heavy atom. The number of rotatable bonds is 2. The summed E-state index contributed by atoms with van der Waals surface area (Å²) in [5.74, 6) is -0.154. The van der Waals surface area contributed by atoms with Crippen molar-refractivity contribution < 1.29 is 14.3 Å². The summed E-state index contributed by atoms with van der Waals surface area (Å²) >= 11 is 0. The summed E-state index contributed by atoms with van der Waals surface area (Å²) in [5.41, 5.74) is 5.23. The molecule has 1 heterocycles. The number of carbonyl (C=O) groups is 2. The summed E-state index contributed by atoms with van der Waals surface area (Å²) < 4.78 is 5.26. The Bertz CT molecular complexity index is 311. The van der Waals surface area contributed by atoms with Crippen LogP contribution in [-0.2, 0) is 14.3 Å². The first-order valence-electron chi connectivity index (χ1n) is 6.88. The topological polar surface area (TPSA) is 72.6 Å². The lowest BCUT2D eigenvalue weighted by Crippen LogP contribution is -2.51. The number of primary amides is 1. The lowest BCUT2D eigenvalue weighted by molar-refractivity contribution is -0.148. The zero-order chi connectivity index (χ0) is 13.0. The van der Waals surface area contributed by atoms with Crippen molar-refractivity contribution in [2.45, 2.75) is 44.6 Å². The van der Waals surface area contributed by atoms with E-state index in [9.17, 15) is 9.59 Å². The SMILES string of the molecule is NC(=O)[C@@H]1CN(C(=O)C2CCCCCC2)CCO1. The molecule has 0 aromatic heterocycles. The average molecular weight is 254 g/mol. The molecule has 2 N–H and O–H groups in total. The van der Waals surface area contributed by atoms with E-state index in [0.29, 0.717) is 19.7 Å². The van der Waals surface area contributed by atoms with Crippen molar-refractivity contribution in [3.8, 4) is 0 Å². The molecule has 18 heavy (non-hydrogen) atoms. The Morgan fingerprint density at radius 2 is 1.78 bits per heavy atom. The minimum absolute atomic E-state index is 0.138. The number of hydrogen-bond donors (Lipinski definition) is 1. The Kier molecular flexibility index (Phi) is 4.58. The van der Waals surface area contributed by atoms with E-state index < -0.39 is 12.0 Å². The third-order valence-electron chi connectivity index (χ3n) is 3.90. The molecule has 2 amide bonds. The fraction of sp³-hybridized carbons (Fsp3) is 0.846. The van der Waals surface area contributed by atoms with Crippen LogP contribution in [0, 0.1) is 5.92 Å². The molecule has 1 saturated heterocycles. The fourth-order valence-corrected chi connectivity index (χ4v) is 2.81. The van der Waals surface area contributed by atoms with E-state index in [1.165, 1.54) is 12.8 Å². The van der Waals surface area contributed by atoms with Crippen LogP contribution in [0.5, 0.6) is 0 Å². The number of nitrogens with two attached hydrogens (primary N) is 1. The maximum absolute atomic E-state index is 12.4. The lowest BCUT2D eigenvalue weighted by atomic mass is 9.98. The van der Waals surface area contributed by atoms with Crippen LogP contribution >= 0.6 is 0 Å². The van der Waals surface area contributed by atoms with Crippen molar-refractivity contribution in [1.29, 1.82) is 0 Å². The van der Waals surface area contributed by atoms with Gasteiger partial charge < -0.3 is 15.4 Å². The van der Waals surface area contributed by atoms with Crippen molar-refractivity contribution >= 4 is 11.8 Å². The highest BCUT2D eigenvalue weighted by Crippen LogP contribution is 2.25. The predicted octanol–water partition coefficient (Wildman–Crippen LogP) is 0.669. The van der Waals surface area contributed by atoms with Gasteiger partial charge in [0.2, 0.25) is 11.8 Å². The molecule has 2 aliphatic rings. The van der Waals surface area contributed by atoms with Gasteiger partial charge in [-0.25, -0.2) is 0 Å². The van der Waals surface area contributed by atoms with E-state index in [0.717, 1.165) is 25.7 Å². The van der Waals surface area contributed by atoms with Gasteiger partial charge in [0, 0.05) is 12.5 Å². The fourth-order valence-electron chi connectivity index (χ4n) is 2.81. The minimum atomic E-state index is -0.631. The highest BCUT2D eigenvalue weighted by molar-refractivity contribution is 5.82. The van der Waals surface area contributed by atoms with Gasteiger partial charge in [-0.15, -0.1) is 0 Å². The number of amides is 2. The number of ether oxygens (including phenoxy) is 1. The number of carbonyl (C=O) groups excluding carboxylic acids is 2. The van der Waals surface area contributed by atoms with E-state index in [2.05, 4.69) is 0 Å². The zero-order valence-electron chi connectivity index (χ0n) is 10.8. The van der Waals surface area contributed by atoms with Gasteiger partial charge in [0.25, 0.3) is 0 Å². The van der Waals surface area contributed by atoms with E-state index in [1.807, 2.05) is 0 Å². The normalized spacial score (nSPS) is 26.7. The second-order valence-corrected chi connectivity index (χ2v) is 5.23. The molecule has 5 heteroatoms. The van der Waals surface area contributed by atoms with Crippen molar-refractivity contribution in [2.75, 3.05) is 19.7 Å². The molecule has 0 radical (unpaired) electrons. The number of nitrogens with zero attached hydrogens (tertiary/aromatic N) is 1. The molecule has 0 unspecified atom stereocenters. The Labute approximate surface area is 108 Å². The van der Waals surface area contributed by atoms with E-state index in [-0.39, 0.29) is 11.8 Å². The standard InChI is InChI=1S/C13H22N2O3/c14-12(16)11-9-15(7-8-18-11)13(17)10-5-3-1-2-4-6-10/h10-11H,1-9H2,(H2,14,16)/t11-/m0/s1. The third-order valence-corrected chi connectivity index (χ3v) is 3.90. The van der Waals surface area contributed by atoms with Gasteiger partial charge in [-0.05, 0) is 12.8 Å². The monoisotopic (exact) mass is 254 g/mol. The molecule has 1 aliphatic heterocycles. The second-order valence-electron chi connectivity index (χ2n) is 5.23. The summed E-state index contributed by atoms with van der Waals surface area (Å²) in [4.78, 5) is 25.3. The van der Waals surface area contributed by atoms with Crippen LogP contribution in [0.3, 0.4) is 0 Å². The predicted molar refractivity (Wildman–Crippen MR) is 66.7 cm³/mol. The summed E-state index contributed by atoms with van der Waals surface area (Å²) in [6, 6.07) is 0. The maximum atomic E-state index is 12.4. The van der Waals surface area contributed by atoms with Crippen LogP contribution in [0.1, 0.15) is 38.5 Å². The largest absolute Gasteiger partial charge is 0.367 e. The molecule has 1 aliphatic carbocycles. The summed E-state index contributed by atoms with van der Waals surface area (Å²) in [5, 5.41) is 0. The summed E-state index contributed by atoms with van der Waals surface area (Å²) in [6.45, 7) is 1.32. The molecule has 0 spiro atoms. The van der Waals surface area contributed by atoms with E-state index >= 15 is 0 Å². The molecular weight excluding hydrogens is 232 g/mol. The van der Waals surface area contributed by atoms with Gasteiger partial charge in [0.05, 0.1) is 13.2 Å². The smallest absolute Gasteiger partial charge is 0.248 e. The molecule has 0 aromatic carbocycles. The third kappa shape index (κ3) is 3.22. The summed E-state index contributed by atoms with van der Waals surface area (Å²) in [6.07, 6.45) is 6.08. The van der Waals surface area contributed by atoms with Crippen molar-refractivity contribution in [3.63, 3.8) is 0 Å². The number of morpholine rings is 1. The maximum Gasteiger partial charge on any atom is 0.248 e. The van der Waals surface area contributed by atoms with Gasteiger partial charge in [-0.1, -0.05) is 25.7 Å². The van der Waals surface area contributed by atoms with Crippen LogP contribution in [-0.4, -0.2) is 42.5 Å². The van der Waals surface area contributed by atoms with Gasteiger partial charge in [0.15, 0.2) is 6.10 Å². The number of hydrogen-bond acceptors (Lipinski definition) is 3. The Hall–Kier alpha value is -1.10. The molecular formula is C13H22N2O3. The van der Waals surface area contributed by atoms with Gasteiger partial charge in [-0.3, -0.25) is 9.59 Å². The molecule has 2 rings (SSSR count). The van der Waals surface area contributed by atoms with Crippen LogP contribution in [0.25, 0.3) is 0 Å². The first-order valence-corrected chi connectivity index (χ1v) is 6.88. The van der Waals surface area contributed by atoms with Gasteiger partial charge >= 0.3 is 0 Å². The lowest BCUT2D eigenvalue weighted by Gasteiger charge is -2.33. The first-order chi connectivity index (χ1) is 8.68. The molecule has 1 saturated carbocycles. The van der Waals surface area contributed by atoms with Crippen molar-refractivity contribution in [1.82, 2.24) is 4.90 Å². The van der Waals surface area contributed by atoms with E-state index in [4.69, 9.17) is 10.5 Å². The van der Waals surface area contributed by atoms with Crippen LogP contribution in [0.4, 0.5) is 0 Å². The molecule has 102 valence electrons. The Balaban J connectivity index is 1.92.